The van der Waals surface area contributed by atoms with E-state index in [4.69, 9.17) is 4.74 Å². The fourth-order valence-electron chi connectivity index (χ4n) is 1.84. The van der Waals surface area contributed by atoms with Gasteiger partial charge in [-0.3, -0.25) is 4.79 Å². The molecule has 0 radical (unpaired) electrons. The molecule has 1 rings (SSSR count). The molecule has 122 valence electrons. The monoisotopic (exact) mass is 307 g/mol. The van der Waals surface area contributed by atoms with Crippen LogP contribution in [-0.4, -0.2) is 44.6 Å². The highest BCUT2D eigenvalue weighted by atomic mass is 16.5. The molecule has 0 fully saturated rings. The zero-order valence-corrected chi connectivity index (χ0v) is 13.9. The highest BCUT2D eigenvalue weighted by molar-refractivity contribution is 5.97. The van der Waals surface area contributed by atoms with Crippen molar-refractivity contribution in [1.82, 2.24) is 10.2 Å². The first-order chi connectivity index (χ1) is 10.3. The lowest BCUT2D eigenvalue weighted by Gasteiger charge is -2.15. The second-order valence-electron chi connectivity index (χ2n) is 5.68. The first-order valence-electron chi connectivity index (χ1n) is 7.29. The van der Waals surface area contributed by atoms with Gasteiger partial charge in [-0.15, -0.1) is 0 Å². The van der Waals surface area contributed by atoms with Gasteiger partial charge < -0.3 is 20.3 Å². The number of rotatable bonds is 6. The van der Waals surface area contributed by atoms with E-state index in [1.807, 2.05) is 0 Å². The minimum Gasteiger partial charge on any atom is -0.495 e. The number of carbonyl (C=O) groups is 2. The molecule has 1 aromatic rings. The van der Waals surface area contributed by atoms with Gasteiger partial charge in [0.1, 0.15) is 5.75 Å². The van der Waals surface area contributed by atoms with Gasteiger partial charge in [-0.25, -0.2) is 4.79 Å². The number of amides is 3. The molecule has 1 aromatic carbocycles. The molecular weight excluding hydrogens is 282 g/mol. The molecule has 0 saturated carbocycles. The summed E-state index contributed by atoms with van der Waals surface area (Å²) in [7, 11) is 4.88. The average molecular weight is 307 g/mol. The molecule has 0 aromatic heterocycles. The lowest BCUT2D eigenvalue weighted by atomic mass is 10.1. The van der Waals surface area contributed by atoms with Gasteiger partial charge in [0, 0.05) is 26.2 Å². The van der Waals surface area contributed by atoms with E-state index in [1.54, 1.807) is 32.3 Å². The summed E-state index contributed by atoms with van der Waals surface area (Å²) < 4.78 is 5.22. The molecule has 0 saturated heterocycles. The Morgan fingerprint density at radius 2 is 1.95 bits per heavy atom. The number of urea groups is 1. The summed E-state index contributed by atoms with van der Waals surface area (Å²) in [5.41, 5.74) is 0.959. The van der Waals surface area contributed by atoms with Crippen molar-refractivity contribution in [1.29, 1.82) is 0 Å². The highest BCUT2D eigenvalue weighted by Gasteiger charge is 2.13. The van der Waals surface area contributed by atoms with Crippen LogP contribution in [0.2, 0.25) is 0 Å². The smallest absolute Gasteiger partial charge is 0.319 e. The standard InChI is InChI=1S/C16H25N3O3/c1-11(2)8-9-17-16(21)18-13-10-12(15(20)19(3)4)6-7-14(13)22-5/h6-7,10-11H,8-9H2,1-5H3,(H2,17,18,21). The Morgan fingerprint density at radius 1 is 1.27 bits per heavy atom. The average Bonchev–Trinajstić information content (AvgIpc) is 2.45. The van der Waals surface area contributed by atoms with Gasteiger partial charge in [-0.2, -0.15) is 0 Å². The SMILES string of the molecule is COc1ccc(C(=O)N(C)C)cc1NC(=O)NCCC(C)C. The molecule has 0 aliphatic rings. The Balaban J connectivity index is 2.81. The van der Waals surface area contributed by atoms with Crippen LogP contribution < -0.4 is 15.4 Å². The van der Waals surface area contributed by atoms with E-state index in [1.165, 1.54) is 12.0 Å². The summed E-state index contributed by atoms with van der Waals surface area (Å²) in [6.45, 7) is 4.79. The topological polar surface area (TPSA) is 70.7 Å². The summed E-state index contributed by atoms with van der Waals surface area (Å²) in [5.74, 6) is 0.899. The molecule has 0 aliphatic heterocycles. The van der Waals surface area contributed by atoms with Crippen molar-refractivity contribution in [3.8, 4) is 5.75 Å². The number of carbonyl (C=O) groups excluding carboxylic acids is 2. The predicted octanol–water partition coefficient (Wildman–Crippen LogP) is 2.56. The van der Waals surface area contributed by atoms with Crippen LogP contribution in [0.15, 0.2) is 18.2 Å². The molecular formula is C16H25N3O3. The second-order valence-corrected chi connectivity index (χ2v) is 5.68. The van der Waals surface area contributed by atoms with Crippen LogP contribution in [0, 0.1) is 5.92 Å². The predicted molar refractivity (Wildman–Crippen MR) is 87.5 cm³/mol. The second kappa shape index (κ2) is 8.26. The number of methoxy groups -OCH3 is 1. The van der Waals surface area contributed by atoms with Crippen molar-refractivity contribution >= 4 is 17.6 Å². The van der Waals surface area contributed by atoms with Crippen molar-refractivity contribution in [2.24, 2.45) is 5.92 Å². The number of nitrogens with zero attached hydrogens (tertiary/aromatic N) is 1. The van der Waals surface area contributed by atoms with Gasteiger partial charge >= 0.3 is 6.03 Å². The number of ether oxygens (including phenoxy) is 1. The molecule has 0 spiro atoms. The summed E-state index contributed by atoms with van der Waals surface area (Å²) in [4.78, 5) is 25.4. The number of anilines is 1. The molecule has 0 heterocycles. The van der Waals surface area contributed by atoms with Gasteiger partial charge in [0.05, 0.1) is 12.8 Å². The molecule has 0 atom stereocenters. The van der Waals surface area contributed by atoms with E-state index in [0.717, 1.165) is 6.42 Å². The third-order valence-electron chi connectivity index (χ3n) is 3.11. The van der Waals surface area contributed by atoms with E-state index in [2.05, 4.69) is 24.5 Å². The van der Waals surface area contributed by atoms with E-state index in [-0.39, 0.29) is 11.9 Å². The first kappa shape index (κ1) is 17.8. The Kier molecular flexibility index (Phi) is 6.69. The fraction of sp³-hybridized carbons (Fsp3) is 0.500. The van der Waals surface area contributed by atoms with Gasteiger partial charge in [-0.05, 0) is 30.5 Å². The number of hydrogen-bond acceptors (Lipinski definition) is 3. The zero-order valence-electron chi connectivity index (χ0n) is 13.9. The van der Waals surface area contributed by atoms with Crippen LogP contribution in [0.1, 0.15) is 30.6 Å². The number of benzene rings is 1. The van der Waals surface area contributed by atoms with Crippen molar-refractivity contribution in [3.63, 3.8) is 0 Å². The van der Waals surface area contributed by atoms with E-state index in [9.17, 15) is 9.59 Å². The summed E-state index contributed by atoms with van der Waals surface area (Å²) in [6, 6.07) is 4.64. The van der Waals surface area contributed by atoms with Crippen molar-refractivity contribution in [3.05, 3.63) is 23.8 Å². The Bertz CT molecular complexity index is 527. The molecule has 2 N–H and O–H groups in total. The first-order valence-corrected chi connectivity index (χ1v) is 7.29. The maximum absolute atomic E-state index is 12.0. The fourth-order valence-corrected chi connectivity index (χ4v) is 1.84. The van der Waals surface area contributed by atoms with Crippen LogP contribution in [0.5, 0.6) is 5.75 Å². The van der Waals surface area contributed by atoms with Crippen molar-refractivity contribution in [2.75, 3.05) is 33.1 Å². The molecule has 0 bridgehead atoms. The normalized spacial score (nSPS) is 10.3. The van der Waals surface area contributed by atoms with Crippen LogP contribution in [-0.2, 0) is 0 Å². The minimum atomic E-state index is -0.312. The number of hydrogen-bond donors (Lipinski definition) is 2. The summed E-state index contributed by atoms with van der Waals surface area (Å²) in [5, 5.41) is 5.51. The van der Waals surface area contributed by atoms with Gasteiger partial charge in [0.2, 0.25) is 0 Å². The Hall–Kier alpha value is -2.24. The molecule has 6 heteroatoms. The third kappa shape index (κ3) is 5.27. The lowest BCUT2D eigenvalue weighted by molar-refractivity contribution is 0.0827. The molecule has 0 unspecified atom stereocenters. The van der Waals surface area contributed by atoms with E-state index >= 15 is 0 Å². The third-order valence-corrected chi connectivity index (χ3v) is 3.11. The quantitative estimate of drug-likeness (QED) is 0.848. The van der Waals surface area contributed by atoms with Crippen molar-refractivity contribution < 1.29 is 14.3 Å². The van der Waals surface area contributed by atoms with E-state index < -0.39 is 0 Å². The van der Waals surface area contributed by atoms with E-state index in [0.29, 0.717) is 29.5 Å². The Labute approximate surface area is 131 Å². The van der Waals surface area contributed by atoms with Crippen LogP contribution in [0.3, 0.4) is 0 Å². The zero-order chi connectivity index (χ0) is 16.7. The van der Waals surface area contributed by atoms with Gasteiger partial charge in [-0.1, -0.05) is 13.8 Å². The van der Waals surface area contributed by atoms with Crippen LogP contribution >= 0.6 is 0 Å². The summed E-state index contributed by atoms with van der Waals surface area (Å²) >= 11 is 0. The molecule has 0 aliphatic carbocycles. The maximum Gasteiger partial charge on any atom is 0.319 e. The largest absolute Gasteiger partial charge is 0.495 e. The minimum absolute atomic E-state index is 0.133. The summed E-state index contributed by atoms with van der Waals surface area (Å²) in [6.07, 6.45) is 0.906. The molecule has 6 nitrogen and oxygen atoms in total. The lowest BCUT2D eigenvalue weighted by Crippen LogP contribution is -2.30. The van der Waals surface area contributed by atoms with Gasteiger partial charge in [0.15, 0.2) is 0 Å². The maximum atomic E-state index is 12.0. The Morgan fingerprint density at radius 3 is 2.50 bits per heavy atom. The van der Waals surface area contributed by atoms with Crippen LogP contribution in [0.25, 0.3) is 0 Å². The van der Waals surface area contributed by atoms with Gasteiger partial charge in [0.25, 0.3) is 5.91 Å². The molecule has 22 heavy (non-hydrogen) atoms. The number of nitrogens with one attached hydrogen (secondary N) is 2. The van der Waals surface area contributed by atoms with Crippen molar-refractivity contribution in [2.45, 2.75) is 20.3 Å². The molecule has 3 amide bonds. The highest BCUT2D eigenvalue weighted by Crippen LogP contribution is 2.25. The van der Waals surface area contributed by atoms with Crippen LogP contribution in [0.4, 0.5) is 10.5 Å².